The number of halogens is 1. The average molecular weight is 226 g/mol. The Hall–Kier alpha value is 0.160. The van der Waals surface area contributed by atoms with Gasteiger partial charge in [-0.15, -0.1) is 0 Å². The number of nitrogens with zero attached hydrogens (tertiary/aromatic N) is 1. The second kappa shape index (κ2) is 2.18. The van der Waals surface area contributed by atoms with Crippen molar-refractivity contribution in [2.75, 3.05) is 6.54 Å². The van der Waals surface area contributed by atoms with E-state index in [0.29, 0.717) is 0 Å². The molecule has 1 aliphatic rings. The van der Waals surface area contributed by atoms with Gasteiger partial charge >= 0.3 is 0 Å². The number of hydrogen-bond acceptors (Lipinski definition) is 2. The van der Waals surface area contributed by atoms with Crippen LogP contribution in [0.3, 0.4) is 0 Å². The van der Waals surface area contributed by atoms with Crippen LogP contribution in [0, 0.1) is 0 Å². The molecule has 1 fully saturated rings. The zero-order chi connectivity index (χ0) is 6.15. The summed E-state index contributed by atoms with van der Waals surface area (Å²) < 4.78 is 1.63. The van der Waals surface area contributed by atoms with Crippen molar-refractivity contribution in [2.24, 2.45) is 5.73 Å². The molecule has 1 atom stereocenters. The lowest BCUT2D eigenvalue weighted by Crippen LogP contribution is -2.28. The molecule has 0 aliphatic carbocycles. The van der Waals surface area contributed by atoms with E-state index in [2.05, 4.69) is 0 Å². The molecular weight excluding hydrogens is 219 g/mol. The van der Waals surface area contributed by atoms with Crippen LogP contribution in [0.4, 0.5) is 0 Å². The minimum Gasteiger partial charge on any atom is -0.320 e. The summed E-state index contributed by atoms with van der Waals surface area (Å²) in [6.07, 6.45) is 0.807. The molecule has 0 radical (unpaired) electrons. The van der Waals surface area contributed by atoms with Crippen molar-refractivity contribution in [2.45, 2.75) is 12.5 Å². The lowest BCUT2D eigenvalue weighted by Gasteiger charge is -2.01. The first-order valence-electron chi connectivity index (χ1n) is 2.44. The molecule has 1 amide bonds. The van der Waals surface area contributed by atoms with E-state index >= 15 is 0 Å². The molecule has 0 saturated carbocycles. The Morgan fingerprint density at radius 2 is 2.50 bits per heavy atom. The van der Waals surface area contributed by atoms with Crippen molar-refractivity contribution in [1.82, 2.24) is 3.11 Å². The van der Waals surface area contributed by atoms with Crippen LogP contribution in [-0.4, -0.2) is 21.6 Å². The van der Waals surface area contributed by atoms with Gasteiger partial charge in [-0.3, -0.25) is 7.91 Å². The van der Waals surface area contributed by atoms with E-state index in [-0.39, 0.29) is 11.9 Å². The molecule has 46 valence electrons. The third kappa shape index (κ3) is 0.947. The second-order valence-electron chi connectivity index (χ2n) is 1.82. The van der Waals surface area contributed by atoms with Crippen LogP contribution in [0.15, 0.2) is 0 Å². The Morgan fingerprint density at radius 1 is 1.88 bits per heavy atom. The standard InChI is InChI=1S/C4H7IN2O/c5-7-2-1-3(6)4(7)8/h3H,1-2,6H2. The summed E-state index contributed by atoms with van der Waals surface area (Å²) in [5.41, 5.74) is 5.37. The first kappa shape index (κ1) is 6.28. The van der Waals surface area contributed by atoms with E-state index in [4.69, 9.17) is 5.73 Å². The van der Waals surface area contributed by atoms with Crippen LogP contribution >= 0.6 is 22.9 Å². The van der Waals surface area contributed by atoms with Gasteiger partial charge in [0.1, 0.15) is 0 Å². The van der Waals surface area contributed by atoms with Gasteiger partial charge in [-0.2, -0.15) is 0 Å². The highest BCUT2D eigenvalue weighted by atomic mass is 127. The van der Waals surface area contributed by atoms with E-state index < -0.39 is 0 Å². The Morgan fingerprint density at radius 3 is 2.62 bits per heavy atom. The van der Waals surface area contributed by atoms with E-state index in [1.807, 2.05) is 22.9 Å². The van der Waals surface area contributed by atoms with E-state index in [0.717, 1.165) is 13.0 Å². The maximum Gasteiger partial charge on any atom is 0.248 e. The van der Waals surface area contributed by atoms with Crippen molar-refractivity contribution in [3.8, 4) is 0 Å². The lowest BCUT2D eigenvalue weighted by atomic mass is 10.3. The molecule has 1 aliphatic heterocycles. The third-order valence-corrected chi connectivity index (χ3v) is 2.15. The molecule has 3 nitrogen and oxygen atoms in total. The summed E-state index contributed by atoms with van der Waals surface area (Å²) in [5, 5.41) is 0. The van der Waals surface area contributed by atoms with E-state index in [9.17, 15) is 4.79 Å². The number of nitrogens with two attached hydrogens (primary N) is 1. The summed E-state index contributed by atoms with van der Waals surface area (Å²) in [7, 11) is 0. The van der Waals surface area contributed by atoms with Crippen LogP contribution < -0.4 is 5.73 Å². The highest BCUT2D eigenvalue weighted by Crippen LogP contribution is 2.12. The van der Waals surface area contributed by atoms with Gasteiger partial charge in [-0.1, -0.05) is 0 Å². The number of amides is 1. The van der Waals surface area contributed by atoms with Gasteiger partial charge in [0.2, 0.25) is 5.91 Å². The summed E-state index contributed by atoms with van der Waals surface area (Å²) in [5.74, 6) is 0.0607. The van der Waals surface area contributed by atoms with Gasteiger partial charge < -0.3 is 5.73 Å². The highest BCUT2D eigenvalue weighted by molar-refractivity contribution is 14.1. The maximum atomic E-state index is 10.7. The fourth-order valence-electron chi connectivity index (χ4n) is 0.666. The second-order valence-corrected chi connectivity index (χ2v) is 2.98. The molecule has 0 spiro atoms. The Balaban J connectivity index is 2.57. The molecule has 4 heteroatoms. The Labute approximate surface area is 61.7 Å². The van der Waals surface area contributed by atoms with Crippen LogP contribution in [0.5, 0.6) is 0 Å². The molecule has 0 aromatic rings. The monoisotopic (exact) mass is 226 g/mol. The Bertz CT molecular complexity index is 105. The van der Waals surface area contributed by atoms with Crippen molar-refractivity contribution < 1.29 is 4.79 Å². The summed E-state index contributed by atoms with van der Waals surface area (Å²) >= 11 is 1.98. The first-order chi connectivity index (χ1) is 3.72. The largest absolute Gasteiger partial charge is 0.320 e. The summed E-state index contributed by atoms with van der Waals surface area (Å²) in [6.45, 7) is 0.806. The number of carbonyl (C=O) groups excluding carboxylic acids is 1. The van der Waals surface area contributed by atoms with Gasteiger partial charge in [0.15, 0.2) is 0 Å². The molecule has 1 unspecified atom stereocenters. The van der Waals surface area contributed by atoms with Crippen molar-refractivity contribution in [3.63, 3.8) is 0 Å². The smallest absolute Gasteiger partial charge is 0.248 e. The maximum absolute atomic E-state index is 10.7. The summed E-state index contributed by atoms with van der Waals surface area (Å²) in [6, 6.07) is -0.230. The van der Waals surface area contributed by atoms with Crippen LogP contribution in [-0.2, 0) is 4.79 Å². The van der Waals surface area contributed by atoms with Gasteiger partial charge in [-0.05, 0) is 6.42 Å². The molecule has 2 N–H and O–H groups in total. The molecule has 0 aromatic carbocycles. The van der Waals surface area contributed by atoms with E-state index in [1.54, 1.807) is 3.11 Å². The average Bonchev–Trinajstić information content (AvgIpc) is 1.98. The van der Waals surface area contributed by atoms with Crippen LogP contribution in [0.2, 0.25) is 0 Å². The molecule has 0 bridgehead atoms. The van der Waals surface area contributed by atoms with Crippen molar-refractivity contribution >= 4 is 28.8 Å². The van der Waals surface area contributed by atoms with E-state index in [1.165, 1.54) is 0 Å². The predicted molar refractivity (Wildman–Crippen MR) is 38.3 cm³/mol. The quantitative estimate of drug-likeness (QED) is 0.463. The molecule has 1 saturated heterocycles. The third-order valence-electron chi connectivity index (χ3n) is 1.19. The number of hydrogen-bond donors (Lipinski definition) is 1. The SMILES string of the molecule is NC1CCN(I)C1=O. The van der Waals surface area contributed by atoms with Gasteiger partial charge in [0, 0.05) is 6.54 Å². The zero-order valence-corrected chi connectivity index (χ0v) is 6.46. The summed E-state index contributed by atoms with van der Waals surface area (Å²) in [4.78, 5) is 10.7. The normalized spacial score (nSPS) is 29.5. The van der Waals surface area contributed by atoms with Gasteiger partial charge in [-0.25, -0.2) is 0 Å². The van der Waals surface area contributed by atoms with Crippen molar-refractivity contribution in [1.29, 1.82) is 0 Å². The minimum absolute atomic E-state index is 0.0607. The lowest BCUT2D eigenvalue weighted by molar-refractivity contribution is -0.123. The van der Waals surface area contributed by atoms with Gasteiger partial charge in [0.25, 0.3) is 0 Å². The Kier molecular flexibility index (Phi) is 1.71. The molecule has 0 aromatic heterocycles. The number of carbonyl (C=O) groups is 1. The fourth-order valence-corrected chi connectivity index (χ4v) is 1.30. The zero-order valence-electron chi connectivity index (χ0n) is 4.30. The van der Waals surface area contributed by atoms with Gasteiger partial charge in [0.05, 0.1) is 28.9 Å². The first-order valence-corrected chi connectivity index (χ1v) is 3.41. The predicted octanol–water partition coefficient (Wildman–Crippen LogP) is -0.104. The molecule has 1 rings (SSSR count). The fraction of sp³-hybridized carbons (Fsp3) is 0.750. The van der Waals surface area contributed by atoms with Crippen molar-refractivity contribution in [3.05, 3.63) is 0 Å². The van der Waals surface area contributed by atoms with Crippen LogP contribution in [0.1, 0.15) is 6.42 Å². The number of rotatable bonds is 0. The van der Waals surface area contributed by atoms with Crippen LogP contribution in [0.25, 0.3) is 0 Å². The molecule has 1 heterocycles. The topological polar surface area (TPSA) is 46.3 Å². The highest BCUT2D eigenvalue weighted by Gasteiger charge is 2.26. The molecule has 8 heavy (non-hydrogen) atoms. The molecular formula is C4H7IN2O. The minimum atomic E-state index is -0.230.